The maximum absolute atomic E-state index is 9.57. The lowest BCUT2D eigenvalue weighted by molar-refractivity contribution is -0.108. The normalized spacial score (nSPS) is 21.6. The number of hydrogen-bond donors (Lipinski definition) is 2. The zero-order valence-electron chi connectivity index (χ0n) is 21.4. The van der Waals surface area contributed by atoms with Crippen LogP contribution in [0.15, 0.2) is 48.0 Å². The molecule has 2 aromatic carbocycles. The van der Waals surface area contributed by atoms with Crippen LogP contribution in [-0.2, 0) is 17.6 Å². The van der Waals surface area contributed by atoms with Crippen molar-refractivity contribution in [2.24, 2.45) is 17.6 Å². The molecule has 1 aliphatic heterocycles. The molecule has 2 fully saturated rings. The van der Waals surface area contributed by atoms with E-state index in [-0.39, 0.29) is 0 Å². The van der Waals surface area contributed by atoms with Gasteiger partial charge in [-0.1, -0.05) is 53.6 Å². The van der Waals surface area contributed by atoms with Crippen molar-refractivity contribution < 1.29 is 4.79 Å². The molecule has 3 N–H and O–H groups in total. The molecule has 7 rings (SSSR count). The molecule has 1 atom stereocenters. The van der Waals surface area contributed by atoms with E-state index >= 15 is 0 Å². The van der Waals surface area contributed by atoms with E-state index in [0.29, 0.717) is 12.0 Å². The zero-order valence-corrected chi connectivity index (χ0v) is 21.4. The Kier molecular flexibility index (Phi) is 7.36. The number of aryl methyl sites for hydroxylation is 2. The third kappa shape index (κ3) is 5.68. The Labute approximate surface area is 210 Å². The van der Waals surface area contributed by atoms with Gasteiger partial charge in [0.1, 0.15) is 6.29 Å². The fourth-order valence-electron chi connectivity index (χ4n) is 5.77. The van der Waals surface area contributed by atoms with Gasteiger partial charge in [-0.3, -0.25) is 0 Å². The number of fused-ring (bicyclic) bond motifs is 3. The molecule has 3 heteroatoms. The van der Waals surface area contributed by atoms with Crippen LogP contribution in [0.5, 0.6) is 0 Å². The third-order valence-electron chi connectivity index (χ3n) is 7.97. The van der Waals surface area contributed by atoms with Gasteiger partial charge in [0.05, 0.1) is 0 Å². The summed E-state index contributed by atoms with van der Waals surface area (Å²) in [6, 6.07) is 14.4. The van der Waals surface area contributed by atoms with E-state index in [1.165, 1.54) is 60.1 Å². The fourth-order valence-corrected chi connectivity index (χ4v) is 5.77. The summed E-state index contributed by atoms with van der Waals surface area (Å²) in [5.74, 6) is 1.39. The Bertz CT molecular complexity index is 1150. The first-order chi connectivity index (χ1) is 17.1. The molecule has 1 heterocycles. The Morgan fingerprint density at radius 3 is 2.31 bits per heavy atom. The molecule has 5 aliphatic rings. The van der Waals surface area contributed by atoms with Crippen molar-refractivity contribution in [1.82, 2.24) is 5.32 Å². The van der Waals surface area contributed by atoms with Crippen LogP contribution in [0.2, 0.25) is 0 Å². The Morgan fingerprint density at radius 2 is 1.69 bits per heavy atom. The van der Waals surface area contributed by atoms with Crippen molar-refractivity contribution in [3.63, 3.8) is 0 Å². The summed E-state index contributed by atoms with van der Waals surface area (Å²) in [4.78, 5) is 9.57. The van der Waals surface area contributed by atoms with E-state index in [2.05, 4.69) is 61.6 Å². The van der Waals surface area contributed by atoms with Crippen molar-refractivity contribution in [1.29, 1.82) is 0 Å². The molecule has 0 saturated heterocycles. The van der Waals surface area contributed by atoms with E-state index in [1.807, 2.05) is 0 Å². The van der Waals surface area contributed by atoms with E-state index in [9.17, 15) is 4.79 Å². The van der Waals surface area contributed by atoms with E-state index in [1.54, 1.807) is 22.3 Å². The van der Waals surface area contributed by atoms with Crippen LogP contribution in [0.25, 0.3) is 11.1 Å². The largest absolute Gasteiger partial charge is 0.330 e. The molecule has 1 unspecified atom stereocenters. The number of hydrogen-bond acceptors (Lipinski definition) is 3. The molecule has 4 aliphatic carbocycles. The number of nitrogens with one attached hydrogen (secondary N) is 1. The number of nitrogens with two attached hydrogens (primary N) is 1. The number of allylic oxidation sites excluding steroid dienone is 1. The van der Waals surface area contributed by atoms with Crippen molar-refractivity contribution in [3.05, 3.63) is 81.4 Å². The zero-order chi connectivity index (χ0) is 24.4. The predicted octanol–water partition coefficient (Wildman–Crippen LogP) is 5.96. The van der Waals surface area contributed by atoms with Gasteiger partial charge in [-0.25, -0.2) is 0 Å². The van der Waals surface area contributed by atoms with Gasteiger partial charge in [-0.2, -0.15) is 0 Å². The molecule has 184 valence electrons. The minimum absolute atomic E-state index is 0.454. The Morgan fingerprint density at radius 1 is 0.971 bits per heavy atom. The lowest BCUT2D eigenvalue weighted by atomic mass is 9.92. The molecule has 0 spiro atoms. The number of aldehydes is 1. The highest BCUT2D eigenvalue weighted by atomic mass is 16.1. The van der Waals surface area contributed by atoms with E-state index in [0.717, 1.165) is 44.4 Å². The highest BCUT2D eigenvalue weighted by molar-refractivity contribution is 5.78. The van der Waals surface area contributed by atoms with Gasteiger partial charge in [-0.05, 0) is 123 Å². The topological polar surface area (TPSA) is 55.1 Å². The van der Waals surface area contributed by atoms with Crippen LogP contribution in [0.4, 0.5) is 0 Å². The van der Waals surface area contributed by atoms with Gasteiger partial charge in [0, 0.05) is 12.0 Å². The molecule has 35 heavy (non-hydrogen) atoms. The maximum Gasteiger partial charge on any atom is 0.123 e. The number of benzene rings is 2. The summed E-state index contributed by atoms with van der Waals surface area (Å²) < 4.78 is 0. The standard InChI is InChI=1S/C16H19N.C12H15N.C4H6O/c1-10-2-5-13-12(8-10)9-15-14(13)6-7-17-16(15)11-3-4-11;1-9-2-5-12-10(6-7-13)3-4-11(12)8-9;5-3-4-1-2-4/h2,5,8,11,16-17H,3-4,6-7,9H2,1H3;2-3,5,8H,4,6-7,13H2,1H3;3-4H,1-2H2. The van der Waals surface area contributed by atoms with Gasteiger partial charge in [0.25, 0.3) is 0 Å². The number of carbonyl (C=O) groups excluding carboxylic acids is 1. The van der Waals surface area contributed by atoms with Gasteiger partial charge in [0.15, 0.2) is 0 Å². The summed E-state index contributed by atoms with van der Waals surface area (Å²) in [6.45, 7) is 6.27. The second kappa shape index (κ2) is 10.6. The van der Waals surface area contributed by atoms with Crippen LogP contribution in [0, 0.1) is 25.7 Å². The first-order valence-corrected chi connectivity index (χ1v) is 13.6. The summed E-state index contributed by atoms with van der Waals surface area (Å²) in [5, 5.41) is 3.74. The summed E-state index contributed by atoms with van der Waals surface area (Å²) in [6.07, 6.45) is 13.0. The minimum Gasteiger partial charge on any atom is -0.330 e. The van der Waals surface area contributed by atoms with Crippen molar-refractivity contribution in [2.75, 3.05) is 13.1 Å². The van der Waals surface area contributed by atoms with Gasteiger partial charge in [0.2, 0.25) is 0 Å². The first kappa shape index (κ1) is 24.2. The second-order valence-corrected chi connectivity index (χ2v) is 11.0. The van der Waals surface area contributed by atoms with E-state index < -0.39 is 0 Å². The highest BCUT2D eigenvalue weighted by Crippen LogP contribution is 2.45. The Hall–Kier alpha value is -2.49. The smallest absolute Gasteiger partial charge is 0.123 e. The van der Waals surface area contributed by atoms with Crippen LogP contribution in [0.1, 0.15) is 71.9 Å². The SMILES string of the molecule is Cc1ccc2c(c1)CC1=C2CCNC1C1CC1.Cc1ccc2c(c1)CC=C2CCN.O=CC1CC1. The summed E-state index contributed by atoms with van der Waals surface area (Å²) in [5.41, 5.74) is 19.1. The molecule has 2 aromatic rings. The average Bonchev–Trinajstić information content (AvgIpc) is 3.79. The summed E-state index contributed by atoms with van der Waals surface area (Å²) >= 11 is 0. The van der Waals surface area contributed by atoms with E-state index in [4.69, 9.17) is 5.73 Å². The quantitative estimate of drug-likeness (QED) is 0.545. The number of rotatable bonds is 4. The van der Waals surface area contributed by atoms with Crippen LogP contribution in [-0.4, -0.2) is 25.4 Å². The Balaban J connectivity index is 0.000000124. The second-order valence-electron chi connectivity index (χ2n) is 11.0. The minimum atomic E-state index is 0.454. The molecule has 0 radical (unpaired) electrons. The molecular weight excluding hydrogens is 428 g/mol. The van der Waals surface area contributed by atoms with Crippen LogP contribution >= 0.6 is 0 Å². The highest BCUT2D eigenvalue weighted by Gasteiger charge is 2.38. The number of carbonyl (C=O) groups is 1. The molecule has 0 amide bonds. The molecule has 2 saturated carbocycles. The van der Waals surface area contributed by atoms with Gasteiger partial charge >= 0.3 is 0 Å². The lowest BCUT2D eigenvalue weighted by Gasteiger charge is -2.26. The van der Waals surface area contributed by atoms with Gasteiger partial charge in [-0.15, -0.1) is 0 Å². The third-order valence-corrected chi connectivity index (χ3v) is 7.97. The predicted molar refractivity (Wildman–Crippen MR) is 146 cm³/mol. The monoisotopic (exact) mass is 468 g/mol. The fraction of sp³-hybridized carbons (Fsp3) is 0.469. The maximum atomic E-state index is 9.57. The lowest BCUT2D eigenvalue weighted by Crippen LogP contribution is -2.37. The average molecular weight is 469 g/mol. The van der Waals surface area contributed by atoms with Crippen molar-refractivity contribution >= 4 is 17.4 Å². The first-order valence-electron chi connectivity index (χ1n) is 13.6. The van der Waals surface area contributed by atoms with Crippen molar-refractivity contribution in [2.45, 2.75) is 71.3 Å². The molecular formula is C32H40N2O. The van der Waals surface area contributed by atoms with Crippen molar-refractivity contribution in [3.8, 4) is 0 Å². The summed E-state index contributed by atoms with van der Waals surface area (Å²) in [7, 11) is 0. The van der Waals surface area contributed by atoms with Crippen LogP contribution in [0.3, 0.4) is 0 Å². The van der Waals surface area contributed by atoms with Crippen LogP contribution < -0.4 is 11.1 Å². The molecule has 0 aromatic heterocycles. The molecule has 0 bridgehead atoms. The van der Waals surface area contributed by atoms with Gasteiger partial charge < -0.3 is 15.8 Å². The molecule has 3 nitrogen and oxygen atoms in total.